The second-order valence-corrected chi connectivity index (χ2v) is 10.2. The van der Waals surface area contributed by atoms with E-state index in [4.69, 9.17) is 4.74 Å². The number of morpholine rings is 1. The molecule has 2 amide bonds. The lowest BCUT2D eigenvalue weighted by molar-refractivity contribution is -0.141. The van der Waals surface area contributed by atoms with Crippen molar-refractivity contribution in [3.63, 3.8) is 0 Å². The first-order valence-electron chi connectivity index (χ1n) is 12.6. The lowest BCUT2D eigenvalue weighted by Gasteiger charge is -2.41. The van der Waals surface area contributed by atoms with Gasteiger partial charge < -0.3 is 14.5 Å². The summed E-state index contributed by atoms with van der Waals surface area (Å²) < 4.78 is 19.0. The van der Waals surface area contributed by atoms with Crippen LogP contribution in [0.1, 0.15) is 45.1 Å². The summed E-state index contributed by atoms with van der Waals surface area (Å²) in [5, 5.41) is 0. The Kier molecular flexibility index (Phi) is 8.02. The molecule has 0 saturated carbocycles. The van der Waals surface area contributed by atoms with Crippen LogP contribution in [0.3, 0.4) is 0 Å². The molecule has 182 valence electrons. The van der Waals surface area contributed by atoms with Crippen LogP contribution in [0.25, 0.3) is 0 Å². The Morgan fingerprint density at radius 2 is 1.61 bits per heavy atom. The number of carbonyl (C=O) groups is 2. The Morgan fingerprint density at radius 3 is 2.27 bits per heavy atom. The Morgan fingerprint density at radius 1 is 0.939 bits per heavy atom. The molecule has 0 aliphatic carbocycles. The van der Waals surface area contributed by atoms with E-state index in [1.165, 1.54) is 12.1 Å². The third-order valence-electron chi connectivity index (χ3n) is 7.33. The van der Waals surface area contributed by atoms with Gasteiger partial charge in [0.2, 0.25) is 11.8 Å². The molecule has 3 aliphatic rings. The van der Waals surface area contributed by atoms with Crippen molar-refractivity contribution in [1.82, 2.24) is 14.7 Å². The monoisotopic (exact) mass is 459 g/mol. The zero-order chi connectivity index (χ0) is 23.4. The molecule has 33 heavy (non-hydrogen) atoms. The number of benzene rings is 1. The number of amides is 2. The summed E-state index contributed by atoms with van der Waals surface area (Å²) in [7, 11) is 0. The van der Waals surface area contributed by atoms with Crippen molar-refractivity contribution in [1.29, 1.82) is 0 Å². The summed E-state index contributed by atoms with van der Waals surface area (Å²) in [6, 6.07) is 6.08. The second kappa shape index (κ2) is 11.0. The topological polar surface area (TPSA) is 53.1 Å². The number of piperidine rings is 2. The lowest BCUT2D eigenvalue weighted by Crippen LogP contribution is -2.51. The molecule has 7 heteroatoms. The molecular weight excluding hydrogens is 421 g/mol. The maximum atomic E-state index is 13.2. The fourth-order valence-electron chi connectivity index (χ4n) is 5.69. The third kappa shape index (κ3) is 6.54. The first-order valence-corrected chi connectivity index (χ1v) is 12.6. The minimum absolute atomic E-state index is 0.0202. The Labute approximate surface area is 197 Å². The van der Waals surface area contributed by atoms with Crippen LogP contribution < -0.4 is 0 Å². The first kappa shape index (κ1) is 24.1. The van der Waals surface area contributed by atoms with Gasteiger partial charge in [-0.15, -0.1) is 0 Å². The van der Waals surface area contributed by atoms with Crippen LogP contribution in [0.5, 0.6) is 0 Å². The highest BCUT2D eigenvalue weighted by molar-refractivity contribution is 5.82. The Hall–Kier alpha value is -1.99. The molecule has 3 unspecified atom stereocenters. The molecule has 0 N–H and O–H groups in total. The molecule has 1 aromatic rings. The van der Waals surface area contributed by atoms with Crippen LogP contribution in [-0.4, -0.2) is 84.5 Å². The Balaban J connectivity index is 1.23. The highest BCUT2D eigenvalue weighted by Crippen LogP contribution is 2.25. The largest absolute Gasteiger partial charge is 0.373 e. The van der Waals surface area contributed by atoms with Gasteiger partial charge in [0.05, 0.1) is 24.5 Å². The number of hydrogen-bond acceptors (Lipinski definition) is 4. The lowest BCUT2D eigenvalue weighted by atomic mass is 9.92. The summed E-state index contributed by atoms with van der Waals surface area (Å²) in [5.41, 5.74) is 0.806. The molecule has 6 nitrogen and oxygen atoms in total. The van der Waals surface area contributed by atoms with Gasteiger partial charge in [0, 0.05) is 45.8 Å². The SMILES string of the molecule is CC1CN(CC2CCN(C(=O)C3CCCN(C(=O)Cc4ccc(F)cc4)C3)CC2)CC(C)O1. The van der Waals surface area contributed by atoms with E-state index >= 15 is 0 Å². The van der Waals surface area contributed by atoms with Gasteiger partial charge in [-0.2, -0.15) is 0 Å². The van der Waals surface area contributed by atoms with Gasteiger partial charge in [-0.1, -0.05) is 12.1 Å². The fourth-order valence-corrected chi connectivity index (χ4v) is 5.69. The van der Waals surface area contributed by atoms with Crippen LogP contribution in [0, 0.1) is 17.7 Å². The van der Waals surface area contributed by atoms with Gasteiger partial charge in [-0.3, -0.25) is 14.5 Å². The third-order valence-corrected chi connectivity index (χ3v) is 7.33. The number of halogens is 1. The van der Waals surface area contributed by atoms with Gasteiger partial charge in [0.25, 0.3) is 0 Å². The van der Waals surface area contributed by atoms with Crippen molar-refractivity contribution < 1.29 is 18.7 Å². The second-order valence-electron chi connectivity index (χ2n) is 10.2. The number of hydrogen-bond donors (Lipinski definition) is 0. The summed E-state index contributed by atoms with van der Waals surface area (Å²) in [4.78, 5) is 32.4. The van der Waals surface area contributed by atoms with Crippen molar-refractivity contribution >= 4 is 11.8 Å². The van der Waals surface area contributed by atoms with E-state index in [-0.39, 0.29) is 42.2 Å². The maximum absolute atomic E-state index is 13.2. The number of likely N-dealkylation sites (tertiary alicyclic amines) is 2. The quantitative estimate of drug-likeness (QED) is 0.680. The van der Waals surface area contributed by atoms with E-state index in [0.29, 0.717) is 19.0 Å². The minimum atomic E-state index is -0.298. The first-order chi connectivity index (χ1) is 15.9. The molecule has 3 heterocycles. The highest BCUT2D eigenvalue weighted by atomic mass is 19.1. The van der Waals surface area contributed by atoms with Gasteiger partial charge in [0.15, 0.2) is 0 Å². The molecule has 1 aromatic carbocycles. The van der Waals surface area contributed by atoms with Gasteiger partial charge in [0.1, 0.15) is 5.82 Å². The van der Waals surface area contributed by atoms with E-state index in [2.05, 4.69) is 18.7 Å². The smallest absolute Gasteiger partial charge is 0.227 e. The molecular formula is C26H38FN3O3. The standard InChI is InChI=1S/C26H38FN3O3/c1-19-15-28(16-20(2)33-19)17-22-9-12-29(13-10-22)26(32)23-4-3-11-30(18-23)25(31)14-21-5-7-24(27)8-6-21/h5-8,19-20,22-23H,3-4,9-18H2,1-2H3. The van der Waals surface area contributed by atoms with Crippen LogP contribution in [0.15, 0.2) is 24.3 Å². The average Bonchev–Trinajstić information content (AvgIpc) is 2.80. The van der Waals surface area contributed by atoms with Crippen LogP contribution in [0.4, 0.5) is 4.39 Å². The predicted molar refractivity (Wildman–Crippen MR) is 125 cm³/mol. The molecule has 3 saturated heterocycles. The summed E-state index contributed by atoms with van der Waals surface area (Å²) in [5.74, 6) is 0.459. The van der Waals surface area contributed by atoms with E-state index in [1.54, 1.807) is 12.1 Å². The van der Waals surface area contributed by atoms with Crippen molar-refractivity contribution in [2.24, 2.45) is 11.8 Å². The zero-order valence-corrected chi connectivity index (χ0v) is 20.0. The van der Waals surface area contributed by atoms with Crippen molar-refractivity contribution in [3.8, 4) is 0 Å². The molecule has 0 radical (unpaired) electrons. The molecule has 4 rings (SSSR count). The zero-order valence-electron chi connectivity index (χ0n) is 20.0. The van der Waals surface area contributed by atoms with Crippen LogP contribution in [-0.2, 0) is 20.7 Å². The average molecular weight is 460 g/mol. The fraction of sp³-hybridized carbons (Fsp3) is 0.692. The normalized spacial score (nSPS) is 27.5. The van der Waals surface area contributed by atoms with Gasteiger partial charge in [-0.05, 0) is 63.1 Å². The van der Waals surface area contributed by atoms with E-state index in [9.17, 15) is 14.0 Å². The van der Waals surface area contributed by atoms with E-state index in [0.717, 1.165) is 64.0 Å². The predicted octanol–water partition coefficient (Wildman–Crippen LogP) is 2.95. The van der Waals surface area contributed by atoms with Crippen molar-refractivity contribution in [2.75, 3.05) is 45.8 Å². The van der Waals surface area contributed by atoms with Crippen molar-refractivity contribution in [2.45, 2.75) is 58.2 Å². The van der Waals surface area contributed by atoms with Gasteiger partial charge in [-0.25, -0.2) is 4.39 Å². The van der Waals surface area contributed by atoms with Gasteiger partial charge >= 0.3 is 0 Å². The number of rotatable bonds is 5. The molecule has 0 spiro atoms. The van der Waals surface area contributed by atoms with Crippen LogP contribution >= 0.6 is 0 Å². The number of nitrogens with zero attached hydrogens (tertiary/aromatic N) is 3. The molecule has 3 aliphatic heterocycles. The molecule has 3 atom stereocenters. The minimum Gasteiger partial charge on any atom is -0.373 e. The Bertz CT molecular complexity index is 800. The molecule has 0 aromatic heterocycles. The highest BCUT2D eigenvalue weighted by Gasteiger charge is 2.33. The van der Waals surface area contributed by atoms with Crippen LogP contribution in [0.2, 0.25) is 0 Å². The maximum Gasteiger partial charge on any atom is 0.227 e. The molecule has 0 bridgehead atoms. The molecule has 3 fully saturated rings. The summed E-state index contributed by atoms with van der Waals surface area (Å²) >= 11 is 0. The summed E-state index contributed by atoms with van der Waals surface area (Å²) in [6.07, 6.45) is 4.63. The number of carbonyl (C=O) groups excluding carboxylic acids is 2. The van der Waals surface area contributed by atoms with Crippen molar-refractivity contribution in [3.05, 3.63) is 35.6 Å². The van der Waals surface area contributed by atoms with E-state index < -0.39 is 0 Å². The number of ether oxygens (including phenoxy) is 1. The van der Waals surface area contributed by atoms with E-state index in [1.807, 2.05) is 9.80 Å². The summed E-state index contributed by atoms with van der Waals surface area (Å²) in [6.45, 7) is 10.2.